The Labute approximate surface area is 112 Å². The van der Waals surface area contributed by atoms with Gasteiger partial charge < -0.3 is 10.4 Å². The predicted octanol–water partition coefficient (Wildman–Crippen LogP) is 1.62. The number of nitrogens with zero attached hydrogens (tertiary/aromatic N) is 1. The summed E-state index contributed by atoms with van der Waals surface area (Å²) in [5.74, 6) is -2.15. The highest BCUT2D eigenvalue weighted by molar-refractivity contribution is 5.91. The SMILES string of the molecule is CC(NC(=O)C1C(C(=O)O)C1(C)C)c1cccnc1. The number of carboxylic acid groups (broad SMARTS) is 1. The van der Waals surface area contributed by atoms with E-state index in [1.807, 2.05) is 26.8 Å². The van der Waals surface area contributed by atoms with Crippen LogP contribution in [0.4, 0.5) is 0 Å². The first-order valence-electron chi connectivity index (χ1n) is 6.29. The lowest BCUT2D eigenvalue weighted by atomic mass is 10.1. The first-order valence-corrected chi connectivity index (χ1v) is 6.29. The van der Waals surface area contributed by atoms with Gasteiger partial charge in [-0.05, 0) is 24.0 Å². The molecule has 3 unspecified atom stereocenters. The molecular weight excluding hydrogens is 244 g/mol. The average molecular weight is 262 g/mol. The molecule has 102 valence electrons. The smallest absolute Gasteiger partial charge is 0.307 e. The Balaban J connectivity index is 2.02. The summed E-state index contributed by atoms with van der Waals surface area (Å²) in [6.07, 6.45) is 3.36. The second kappa shape index (κ2) is 4.64. The van der Waals surface area contributed by atoms with Crippen molar-refractivity contribution in [1.82, 2.24) is 10.3 Å². The van der Waals surface area contributed by atoms with Crippen LogP contribution >= 0.6 is 0 Å². The van der Waals surface area contributed by atoms with E-state index in [1.54, 1.807) is 18.5 Å². The number of hydrogen-bond donors (Lipinski definition) is 2. The van der Waals surface area contributed by atoms with Crippen LogP contribution in [0.5, 0.6) is 0 Å². The largest absolute Gasteiger partial charge is 0.481 e. The van der Waals surface area contributed by atoms with Gasteiger partial charge in [-0.3, -0.25) is 14.6 Å². The molecule has 0 aliphatic heterocycles. The topological polar surface area (TPSA) is 79.3 Å². The highest BCUT2D eigenvalue weighted by atomic mass is 16.4. The fraction of sp³-hybridized carbons (Fsp3) is 0.500. The van der Waals surface area contributed by atoms with Crippen molar-refractivity contribution in [2.24, 2.45) is 17.3 Å². The van der Waals surface area contributed by atoms with Crippen LogP contribution in [0.15, 0.2) is 24.5 Å². The maximum absolute atomic E-state index is 12.1. The molecule has 1 aliphatic carbocycles. The van der Waals surface area contributed by atoms with Crippen molar-refractivity contribution >= 4 is 11.9 Å². The van der Waals surface area contributed by atoms with Gasteiger partial charge in [0.25, 0.3) is 0 Å². The molecule has 2 rings (SSSR count). The third kappa shape index (κ3) is 2.45. The van der Waals surface area contributed by atoms with E-state index in [2.05, 4.69) is 10.3 Å². The maximum atomic E-state index is 12.1. The molecule has 5 nitrogen and oxygen atoms in total. The Kier molecular flexibility index (Phi) is 3.30. The molecule has 1 aromatic rings. The monoisotopic (exact) mass is 262 g/mol. The fourth-order valence-electron chi connectivity index (χ4n) is 2.61. The Hall–Kier alpha value is -1.91. The number of aromatic nitrogens is 1. The fourth-order valence-corrected chi connectivity index (χ4v) is 2.61. The van der Waals surface area contributed by atoms with Crippen molar-refractivity contribution in [1.29, 1.82) is 0 Å². The van der Waals surface area contributed by atoms with Crippen molar-refractivity contribution in [2.45, 2.75) is 26.8 Å². The number of nitrogens with one attached hydrogen (secondary N) is 1. The van der Waals surface area contributed by atoms with Crippen LogP contribution < -0.4 is 5.32 Å². The zero-order chi connectivity index (χ0) is 14.2. The van der Waals surface area contributed by atoms with Crippen LogP contribution in [0.25, 0.3) is 0 Å². The zero-order valence-electron chi connectivity index (χ0n) is 11.3. The maximum Gasteiger partial charge on any atom is 0.307 e. The van der Waals surface area contributed by atoms with Crippen LogP contribution in [0.3, 0.4) is 0 Å². The quantitative estimate of drug-likeness (QED) is 0.864. The molecular formula is C14H18N2O3. The molecule has 0 radical (unpaired) electrons. The second-order valence-electron chi connectivity index (χ2n) is 5.63. The van der Waals surface area contributed by atoms with E-state index in [0.29, 0.717) is 0 Å². The molecule has 0 spiro atoms. The summed E-state index contributed by atoms with van der Waals surface area (Å²) in [6, 6.07) is 3.51. The van der Waals surface area contributed by atoms with Gasteiger partial charge in [0.15, 0.2) is 0 Å². The first-order chi connectivity index (χ1) is 8.85. The zero-order valence-corrected chi connectivity index (χ0v) is 11.3. The Morgan fingerprint density at radius 2 is 2.11 bits per heavy atom. The molecule has 1 aromatic heterocycles. The minimum atomic E-state index is -0.904. The lowest BCUT2D eigenvalue weighted by molar-refractivity contribution is -0.140. The predicted molar refractivity (Wildman–Crippen MR) is 69.2 cm³/mol. The molecule has 1 saturated carbocycles. The van der Waals surface area contributed by atoms with Crippen LogP contribution in [0, 0.1) is 17.3 Å². The number of pyridine rings is 1. The number of carbonyl (C=O) groups is 2. The summed E-state index contributed by atoms with van der Waals surface area (Å²) < 4.78 is 0. The normalized spacial score (nSPS) is 25.4. The summed E-state index contributed by atoms with van der Waals surface area (Å²) >= 11 is 0. The van der Waals surface area contributed by atoms with Crippen molar-refractivity contribution in [3.8, 4) is 0 Å². The highest BCUT2D eigenvalue weighted by Gasteiger charge is 2.65. The molecule has 1 heterocycles. The first kappa shape index (κ1) is 13.5. The minimum absolute atomic E-state index is 0.174. The van der Waals surface area contributed by atoms with Gasteiger partial charge in [-0.1, -0.05) is 19.9 Å². The summed E-state index contributed by atoms with van der Waals surface area (Å²) in [5, 5.41) is 11.9. The van der Waals surface area contributed by atoms with Gasteiger partial charge in [-0.25, -0.2) is 0 Å². The number of rotatable bonds is 4. The molecule has 19 heavy (non-hydrogen) atoms. The van der Waals surface area contributed by atoms with Gasteiger partial charge in [-0.2, -0.15) is 0 Å². The molecule has 2 N–H and O–H groups in total. The van der Waals surface area contributed by atoms with E-state index < -0.39 is 23.2 Å². The lowest BCUT2D eigenvalue weighted by Crippen LogP contribution is -2.30. The molecule has 5 heteroatoms. The van der Waals surface area contributed by atoms with Crippen molar-refractivity contribution < 1.29 is 14.7 Å². The summed E-state index contributed by atoms with van der Waals surface area (Å²) in [5.41, 5.74) is 0.436. The number of carboxylic acids is 1. The van der Waals surface area contributed by atoms with E-state index in [0.717, 1.165) is 5.56 Å². The Bertz CT molecular complexity index is 499. The van der Waals surface area contributed by atoms with Gasteiger partial charge in [0, 0.05) is 12.4 Å². The molecule has 0 bridgehead atoms. The van der Waals surface area contributed by atoms with E-state index in [-0.39, 0.29) is 11.9 Å². The van der Waals surface area contributed by atoms with Gasteiger partial charge in [-0.15, -0.1) is 0 Å². The van der Waals surface area contributed by atoms with Gasteiger partial charge >= 0.3 is 5.97 Å². The third-order valence-corrected chi connectivity index (χ3v) is 3.92. The standard InChI is InChI=1S/C14H18N2O3/c1-8(9-5-4-6-15-7-9)16-12(17)10-11(13(18)19)14(10,2)3/h4-8,10-11H,1-3H3,(H,16,17)(H,18,19). The van der Waals surface area contributed by atoms with E-state index in [4.69, 9.17) is 5.11 Å². The van der Waals surface area contributed by atoms with Crippen LogP contribution in [0.1, 0.15) is 32.4 Å². The Morgan fingerprint density at radius 3 is 2.58 bits per heavy atom. The molecule has 0 saturated heterocycles. The van der Waals surface area contributed by atoms with Gasteiger partial charge in [0.2, 0.25) is 5.91 Å². The molecule has 3 atom stereocenters. The van der Waals surface area contributed by atoms with Crippen molar-refractivity contribution in [3.05, 3.63) is 30.1 Å². The summed E-state index contributed by atoms with van der Waals surface area (Å²) in [7, 11) is 0. The average Bonchev–Trinajstić information content (AvgIpc) is 2.93. The van der Waals surface area contributed by atoms with Crippen molar-refractivity contribution in [3.63, 3.8) is 0 Å². The van der Waals surface area contributed by atoms with Crippen LogP contribution in [-0.4, -0.2) is 22.0 Å². The Morgan fingerprint density at radius 1 is 1.42 bits per heavy atom. The number of hydrogen-bond acceptors (Lipinski definition) is 3. The minimum Gasteiger partial charge on any atom is -0.481 e. The van der Waals surface area contributed by atoms with Crippen LogP contribution in [0.2, 0.25) is 0 Å². The van der Waals surface area contributed by atoms with Crippen LogP contribution in [-0.2, 0) is 9.59 Å². The van der Waals surface area contributed by atoms with Gasteiger partial charge in [0.05, 0.1) is 17.9 Å². The summed E-state index contributed by atoms with van der Waals surface area (Å²) in [4.78, 5) is 27.2. The molecule has 1 fully saturated rings. The lowest BCUT2D eigenvalue weighted by Gasteiger charge is -2.14. The molecule has 1 aliphatic rings. The second-order valence-corrected chi connectivity index (χ2v) is 5.63. The number of carbonyl (C=O) groups excluding carboxylic acids is 1. The van der Waals surface area contributed by atoms with E-state index in [9.17, 15) is 9.59 Å². The summed E-state index contributed by atoms with van der Waals surface area (Å²) in [6.45, 7) is 5.48. The highest BCUT2D eigenvalue weighted by Crippen LogP contribution is 2.58. The third-order valence-electron chi connectivity index (χ3n) is 3.92. The number of aliphatic carboxylic acids is 1. The molecule has 0 aromatic carbocycles. The van der Waals surface area contributed by atoms with Crippen molar-refractivity contribution in [2.75, 3.05) is 0 Å². The van der Waals surface area contributed by atoms with E-state index in [1.165, 1.54) is 0 Å². The number of amides is 1. The van der Waals surface area contributed by atoms with E-state index >= 15 is 0 Å². The van der Waals surface area contributed by atoms with Gasteiger partial charge in [0.1, 0.15) is 0 Å². The molecule has 1 amide bonds.